The number of unbranched alkanes of at least 4 members (excludes halogenated alkanes) is 2. The summed E-state index contributed by atoms with van der Waals surface area (Å²) in [7, 11) is 0. The molecule has 2 heterocycles. The predicted octanol–water partition coefficient (Wildman–Crippen LogP) is 3.07. The normalized spacial score (nSPS) is 15.7. The van der Waals surface area contributed by atoms with Crippen LogP contribution < -0.4 is 10.2 Å². The lowest BCUT2D eigenvalue weighted by Gasteiger charge is -2.27. The summed E-state index contributed by atoms with van der Waals surface area (Å²) in [5.41, 5.74) is 0. The number of nitrogens with zero attached hydrogens (tertiary/aromatic N) is 3. The molecule has 1 N–H and O–H groups in total. The number of rotatable bonds is 6. The van der Waals surface area contributed by atoms with Gasteiger partial charge in [-0.15, -0.1) is 0 Å². The molecule has 18 heavy (non-hydrogen) atoms. The zero-order chi connectivity index (χ0) is 12.6. The van der Waals surface area contributed by atoms with Crippen LogP contribution in [0, 0.1) is 0 Å². The Morgan fingerprint density at radius 2 is 2.06 bits per heavy atom. The van der Waals surface area contributed by atoms with Gasteiger partial charge in [-0.05, 0) is 31.7 Å². The Bertz CT molecular complexity index is 347. The molecule has 1 aromatic heterocycles. The number of anilines is 2. The maximum atomic E-state index is 4.60. The highest BCUT2D eigenvalue weighted by Gasteiger charge is 2.12. The summed E-state index contributed by atoms with van der Waals surface area (Å²) in [4.78, 5) is 11.2. The summed E-state index contributed by atoms with van der Waals surface area (Å²) in [5.74, 6) is 1.84. The van der Waals surface area contributed by atoms with Crippen molar-refractivity contribution in [1.82, 2.24) is 9.97 Å². The topological polar surface area (TPSA) is 41.1 Å². The molecule has 2 rings (SSSR count). The standard InChI is InChI=1S/C14H24N4/c1-2-3-5-9-15-14-16-10-8-13(17-14)18-11-6-4-7-12-18/h8,10H,2-7,9,11-12H2,1H3,(H,15,16,17). The van der Waals surface area contributed by atoms with Crippen LogP contribution in [-0.4, -0.2) is 29.6 Å². The number of hydrogen-bond donors (Lipinski definition) is 1. The first-order chi connectivity index (χ1) is 8.90. The van der Waals surface area contributed by atoms with Crippen LogP contribution in [0.5, 0.6) is 0 Å². The van der Waals surface area contributed by atoms with E-state index in [0.29, 0.717) is 0 Å². The Morgan fingerprint density at radius 3 is 2.83 bits per heavy atom. The van der Waals surface area contributed by atoms with Crippen molar-refractivity contribution in [2.24, 2.45) is 0 Å². The highest BCUT2D eigenvalue weighted by molar-refractivity contribution is 5.42. The molecule has 4 heteroatoms. The van der Waals surface area contributed by atoms with E-state index in [1.165, 1.54) is 38.5 Å². The Morgan fingerprint density at radius 1 is 1.22 bits per heavy atom. The van der Waals surface area contributed by atoms with E-state index in [2.05, 4.69) is 27.1 Å². The van der Waals surface area contributed by atoms with Gasteiger partial charge in [0.1, 0.15) is 5.82 Å². The van der Waals surface area contributed by atoms with Crippen LogP contribution in [0.2, 0.25) is 0 Å². The van der Waals surface area contributed by atoms with Gasteiger partial charge in [0, 0.05) is 25.8 Å². The van der Waals surface area contributed by atoms with Crippen LogP contribution in [0.3, 0.4) is 0 Å². The van der Waals surface area contributed by atoms with Crippen LogP contribution in [0.1, 0.15) is 45.4 Å². The second-order valence-electron chi connectivity index (χ2n) is 4.92. The Balaban J connectivity index is 1.88. The van der Waals surface area contributed by atoms with Gasteiger partial charge < -0.3 is 10.2 Å². The van der Waals surface area contributed by atoms with Gasteiger partial charge in [0.05, 0.1) is 0 Å². The van der Waals surface area contributed by atoms with Crippen LogP contribution in [-0.2, 0) is 0 Å². The van der Waals surface area contributed by atoms with Gasteiger partial charge in [0.15, 0.2) is 0 Å². The molecule has 0 aromatic carbocycles. The average Bonchev–Trinajstić information content (AvgIpc) is 2.45. The van der Waals surface area contributed by atoms with E-state index in [1.54, 1.807) is 0 Å². The molecule has 4 nitrogen and oxygen atoms in total. The lowest BCUT2D eigenvalue weighted by molar-refractivity contribution is 0.573. The molecular weight excluding hydrogens is 224 g/mol. The van der Waals surface area contributed by atoms with Crippen LogP contribution >= 0.6 is 0 Å². The van der Waals surface area contributed by atoms with Crippen molar-refractivity contribution in [3.63, 3.8) is 0 Å². The van der Waals surface area contributed by atoms with Crippen molar-refractivity contribution >= 4 is 11.8 Å². The Kier molecular flexibility index (Phi) is 5.24. The molecule has 1 aliphatic heterocycles. The lowest BCUT2D eigenvalue weighted by Crippen LogP contribution is -2.30. The minimum atomic E-state index is 0.772. The van der Waals surface area contributed by atoms with E-state index >= 15 is 0 Å². The summed E-state index contributed by atoms with van der Waals surface area (Å²) >= 11 is 0. The summed E-state index contributed by atoms with van der Waals surface area (Å²) in [6.07, 6.45) is 9.47. The number of aromatic nitrogens is 2. The third-order valence-electron chi connectivity index (χ3n) is 3.38. The lowest BCUT2D eigenvalue weighted by atomic mass is 10.1. The van der Waals surface area contributed by atoms with Crippen molar-refractivity contribution in [3.05, 3.63) is 12.3 Å². The van der Waals surface area contributed by atoms with Crippen molar-refractivity contribution in [2.45, 2.75) is 45.4 Å². The molecule has 0 bridgehead atoms. The molecule has 0 atom stereocenters. The summed E-state index contributed by atoms with van der Waals surface area (Å²) in [6, 6.07) is 2.02. The molecule has 0 aliphatic carbocycles. The quantitative estimate of drug-likeness (QED) is 0.786. The maximum absolute atomic E-state index is 4.60. The molecule has 1 saturated heterocycles. The number of hydrogen-bond acceptors (Lipinski definition) is 4. The first-order valence-electron chi connectivity index (χ1n) is 7.22. The molecule has 100 valence electrons. The Labute approximate surface area is 110 Å². The molecule has 1 fully saturated rings. The second-order valence-corrected chi connectivity index (χ2v) is 4.92. The van der Waals surface area contributed by atoms with Gasteiger partial charge in [0.2, 0.25) is 5.95 Å². The second kappa shape index (κ2) is 7.19. The molecule has 0 saturated carbocycles. The summed E-state index contributed by atoms with van der Waals surface area (Å²) < 4.78 is 0. The first-order valence-corrected chi connectivity index (χ1v) is 7.22. The van der Waals surface area contributed by atoms with Gasteiger partial charge in [-0.2, -0.15) is 4.98 Å². The molecule has 0 spiro atoms. The van der Waals surface area contributed by atoms with E-state index in [-0.39, 0.29) is 0 Å². The minimum absolute atomic E-state index is 0.772. The molecule has 0 unspecified atom stereocenters. The van der Waals surface area contributed by atoms with Gasteiger partial charge in [-0.1, -0.05) is 19.8 Å². The van der Waals surface area contributed by atoms with Crippen LogP contribution in [0.15, 0.2) is 12.3 Å². The third kappa shape index (κ3) is 3.86. The molecular formula is C14H24N4. The predicted molar refractivity (Wildman–Crippen MR) is 76.1 cm³/mol. The van der Waals surface area contributed by atoms with E-state index in [0.717, 1.165) is 31.4 Å². The van der Waals surface area contributed by atoms with Gasteiger partial charge >= 0.3 is 0 Å². The fourth-order valence-electron chi connectivity index (χ4n) is 2.31. The third-order valence-corrected chi connectivity index (χ3v) is 3.38. The first kappa shape index (κ1) is 13.1. The summed E-state index contributed by atoms with van der Waals surface area (Å²) in [6.45, 7) is 5.45. The zero-order valence-corrected chi connectivity index (χ0v) is 11.4. The minimum Gasteiger partial charge on any atom is -0.356 e. The largest absolute Gasteiger partial charge is 0.356 e. The Hall–Kier alpha value is -1.32. The van der Waals surface area contributed by atoms with Crippen LogP contribution in [0.4, 0.5) is 11.8 Å². The van der Waals surface area contributed by atoms with Gasteiger partial charge in [0.25, 0.3) is 0 Å². The van der Waals surface area contributed by atoms with Crippen molar-refractivity contribution in [2.75, 3.05) is 29.9 Å². The van der Waals surface area contributed by atoms with E-state index in [9.17, 15) is 0 Å². The highest BCUT2D eigenvalue weighted by Crippen LogP contribution is 2.17. The number of piperidine rings is 1. The van der Waals surface area contributed by atoms with Crippen molar-refractivity contribution < 1.29 is 0 Å². The maximum Gasteiger partial charge on any atom is 0.224 e. The summed E-state index contributed by atoms with van der Waals surface area (Å²) in [5, 5.41) is 3.31. The SMILES string of the molecule is CCCCCNc1nccc(N2CCCCC2)n1. The van der Waals surface area contributed by atoms with E-state index in [4.69, 9.17) is 0 Å². The molecule has 1 aliphatic rings. The zero-order valence-electron chi connectivity index (χ0n) is 11.4. The monoisotopic (exact) mass is 248 g/mol. The average molecular weight is 248 g/mol. The molecule has 1 aromatic rings. The van der Waals surface area contributed by atoms with E-state index < -0.39 is 0 Å². The van der Waals surface area contributed by atoms with E-state index in [1.807, 2.05) is 12.3 Å². The molecule has 0 amide bonds. The van der Waals surface area contributed by atoms with Crippen LogP contribution in [0.25, 0.3) is 0 Å². The molecule has 0 radical (unpaired) electrons. The van der Waals surface area contributed by atoms with Crippen molar-refractivity contribution in [3.8, 4) is 0 Å². The van der Waals surface area contributed by atoms with Gasteiger partial charge in [-0.3, -0.25) is 0 Å². The fourth-order valence-corrected chi connectivity index (χ4v) is 2.31. The highest BCUT2D eigenvalue weighted by atomic mass is 15.2. The van der Waals surface area contributed by atoms with Crippen molar-refractivity contribution in [1.29, 1.82) is 0 Å². The smallest absolute Gasteiger partial charge is 0.224 e. The van der Waals surface area contributed by atoms with Gasteiger partial charge in [-0.25, -0.2) is 4.98 Å². The number of nitrogens with one attached hydrogen (secondary N) is 1. The fraction of sp³-hybridized carbons (Fsp3) is 0.714.